The lowest BCUT2D eigenvalue weighted by molar-refractivity contribution is 0.235. The first kappa shape index (κ1) is 17.5. The van der Waals surface area contributed by atoms with Crippen molar-refractivity contribution in [3.63, 3.8) is 0 Å². The van der Waals surface area contributed by atoms with E-state index in [-0.39, 0.29) is 5.54 Å². The molecule has 4 nitrogen and oxygen atoms in total. The lowest BCUT2D eigenvalue weighted by Crippen LogP contribution is -2.44. The molecule has 1 heterocycles. The third-order valence-electron chi connectivity index (χ3n) is 5.03. The average molecular weight is 314 g/mol. The van der Waals surface area contributed by atoms with Gasteiger partial charge in [-0.25, -0.2) is 4.98 Å². The van der Waals surface area contributed by atoms with E-state index in [9.17, 15) is 0 Å². The molecule has 0 saturated heterocycles. The molecule has 0 spiro atoms. The normalized spacial score (nSPS) is 15.7. The molecular weight excluding hydrogens is 284 g/mol. The Kier molecular flexibility index (Phi) is 5.47. The van der Waals surface area contributed by atoms with Crippen molar-refractivity contribution in [2.45, 2.75) is 51.1 Å². The zero-order valence-electron chi connectivity index (χ0n) is 15.0. The van der Waals surface area contributed by atoms with E-state index in [2.05, 4.69) is 62.4 Å². The number of rotatable bonds is 7. The van der Waals surface area contributed by atoms with E-state index < -0.39 is 0 Å². The number of pyridine rings is 1. The Balaban J connectivity index is 2.12. The van der Waals surface area contributed by atoms with E-state index >= 15 is 0 Å². The van der Waals surface area contributed by atoms with Gasteiger partial charge < -0.3 is 10.2 Å². The van der Waals surface area contributed by atoms with Crippen molar-refractivity contribution in [2.24, 2.45) is 0 Å². The molecule has 1 aliphatic carbocycles. The minimum Gasteiger partial charge on any atom is -0.367 e. The van der Waals surface area contributed by atoms with Crippen LogP contribution in [0.2, 0.25) is 0 Å². The third kappa shape index (κ3) is 3.94. The second-order valence-electron chi connectivity index (χ2n) is 6.98. The number of nitrogens with one attached hydrogen (secondary N) is 1. The Labute approximate surface area is 140 Å². The fourth-order valence-electron chi connectivity index (χ4n) is 2.82. The molecule has 1 saturated carbocycles. The van der Waals surface area contributed by atoms with Gasteiger partial charge in [-0.3, -0.25) is 4.90 Å². The molecule has 0 aromatic carbocycles. The summed E-state index contributed by atoms with van der Waals surface area (Å²) < 4.78 is 0. The van der Waals surface area contributed by atoms with Gasteiger partial charge in [0.25, 0.3) is 0 Å². The van der Waals surface area contributed by atoms with Crippen molar-refractivity contribution >= 4 is 11.5 Å². The van der Waals surface area contributed by atoms with Gasteiger partial charge >= 0.3 is 0 Å². The van der Waals surface area contributed by atoms with Gasteiger partial charge in [0.15, 0.2) is 0 Å². The summed E-state index contributed by atoms with van der Waals surface area (Å²) in [4.78, 5) is 8.72. The Hall–Kier alpha value is -1.81. The molecule has 0 unspecified atom stereocenters. The quantitative estimate of drug-likeness (QED) is 0.815. The van der Waals surface area contributed by atoms with Crippen LogP contribution in [0, 0.1) is 0 Å². The Morgan fingerprint density at radius 1 is 1.30 bits per heavy atom. The van der Waals surface area contributed by atoms with Crippen LogP contribution >= 0.6 is 0 Å². The maximum absolute atomic E-state index is 4.57. The maximum Gasteiger partial charge on any atom is 0.126 e. The SMILES string of the molecule is C=CN(C(=C)C(C)(C)N(C)C)c1ccc(NC2CCCC2)nc1. The molecule has 1 aromatic heterocycles. The first-order chi connectivity index (χ1) is 10.9. The number of nitrogens with zero attached hydrogens (tertiary/aromatic N) is 3. The van der Waals surface area contributed by atoms with Crippen LogP contribution in [-0.4, -0.2) is 35.6 Å². The summed E-state index contributed by atoms with van der Waals surface area (Å²) in [6.45, 7) is 12.5. The third-order valence-corrected chi connectivity index (χ3v) is 5.03. The molecule has 0 radical (unpaired) electrons. The van der Waals surface area contributed by atoms with E-state index in [0.29, 0.717) is 6.04 Å². The van der Waals surface area contributed by atoms with Crippen LogP contribution in [0.15, 0.2) is 43.4 Å². The van der Waals surface area contributed by atoms with E-state index in [1.165, 1.54) is 25.7 Å². The van der Waals surface area contributed by atoms with Crippen molar-refractivity contribution in [1.82, 2.24) is 9.88 Å². The van der Waals surface area contributed by atoms with Crippen LogP contribution < -0.4 is 10.2 Å². The number of aromatic nitrogens is 1. The van der Waals surface area contributed by atoms with Crippen LogP contribution in [0.5, 0.6) is 0 Å². The Bertz CT molecular complexity index is 539. The Morgan fingerprint density at radius 2 is 1.96 bits per heavy atom. The molecule has 0 atom stereocenters. The molecule has 126 valence electrons. The van der Waals surface area contributed by atoms with Crippen molar-refractivity contribution in [3.05, 3.63) is 43.4 Å². The molecule has 0 aliphatic heterocycles. The van der Waals surface area contributed by atoms with Gasteiger partial charge in [-0.05, 0) is 52.9 Å². The molecule has 4 heteroatoms. The fraction of sp³-hybridized carbons (Fsp3) is 0.526. The minimum atomic E-state index is -0.172. The summed E-state index contributed by atoms with van der Waals surface area (Å²) >= 11 is 0. The smallest absolute Gasteiger partial charge is 0.126 e. The van der Waals surface area contributed by atoms with Crippen molar-refractivity contribution in [3.8, 4) is 0 Å². The summed E-state index contributed by atoms with van der Waals surface area (Å²) in [6.07, 6.45) is 8.81. The molecule has 23 heavy (non-hydrogen) atoms. The van der Waals surface area contributed by atoms with Gasteiger partial charge in [-0.2, -0.15) is 0 Å². The van der Waals surface area contributed by atoms with E-state index in [4.69, 9.17) is 0 Å². The van der Waals surface area contributed by atoms with Crippen LogP contribution in [-0.2, 0) is 0 Å². The highest BCUT2D eigenvalue weighted by Crippen LogP contribution is 2.29. The second kappa shape index (κ2) is 7.18. The van der Waals surface area contributed by atoms with Crippen molar-refractivity contribution < 1.29 is 0 Å². The zero-order chi connectivity index (χ0) is 17.0. The number of anilines is 2. The molecule has 2 rings (SSSR count). The number of hydrogen-bond acceptors (Lipinski definition) is 4. The molecule has 0 bridgehead atoms. The molecule has 1 aliphatic rings. The second-order valence-corrected chi connectivity index (χ2v) is 6.98. The first-order valence-electron chi connectivity index (χ1n) is 8.37. The minimum absolute atomic E-state index is 0.172. The lowest BCUT2D eigenvalue weighted by atomic mass is 9.98. The molecule has 1 aromatic rings. The van der Waals surface area contributed by atoms with Gasteiger partial charge in [-0.1, -0.05) is 26.0 Å². The van der Waals surface area contributed by atoms with Crippen LogP contribution in [0.25, 0.3) is 0 Å². The monoisotopic (exact) mass is 314 g/mol. The largest absolute Gasteiger partial charge is 0.367 e. The summed E-state index contributed by atoms with van der Waals surface area (Å²) in [5, 5.41) is 3.52. The predicted molar refractivity (Wildman–Crippen MR) is 99.7 cm³/mol. The van der Waals surface area contributed by atoms with E-state index in [1.54, 1.807) is 6.20 Å². The van der Waals surface area contributed by atoms with E-state index in [0.717, 1.165) is 17.2 Å². The van der Waals surface area contributed by atoms with Crippen molar-refractivity contribution in [2.75, 3.05) is 24.3 Å². The van der Waals surface area contributed by atoms with Crippen LogP contribution in [0.1, 0.15) is 39.5 Å². The first-order valence-corrected chi connectivity index (χ1v) is 8.37. The van der Waals surface area contributed by atoms with Gasteiger partial charge in [0.05, 0.1) is 17.4 Å². The van der Waals surface area contributed by atoms with Gasteiger partial charge in [0.1, 0.15) is 5.82 Å². The van der Waals surface area contributed by atoms with Crippen molar-refractivity contribution in [1.29, 1.82) is 0 Å². The molecule has 1 fully saturated rings. The lowest BCUT2D eigenvalue weighted by Gasteiger charge is -2.39. The zero-order valence-corrected chi connectivity index (χ0v) is 15.0. The summed E-state index contributed by atoms with van der Waals surface area (Å²) in [5.41, 5.74) is 1.78. The Morgan fingerprint density at radius 3 is 2.43 bits per heavy atom. The topological polar surface area (TPSA) is 31.4 Å². The summed E-state index contributed by atoms with van der Waals surface area (Å²) in [5.74, 6) is 0.946. The summed E-state index contributed by atoms with van der Waals surface area (Å²) in [7, 11) is 4.11. The average Bonchev–Trinajstić information content (AvgIpc) is 3.02. The highest BCUT2D eigenvalue weighted by atomic mass is 15.2. The van der Waals surface area contributed by atoms with Gasteiger partial charge in [-0.15, -0.1) is 0 Å². The molecule has 0 amide bonds. The van der Waals surface area contributed by atoms with Crippen LogP contribution in [0.4, 0.5) is 11.5 Å². The highest BCUT2D eigenvalue weighted by molar-refractivity contribution is 5.57. The molecule has 1 N–H and O–H groups in total. The number of hydrogen-bond donors (Lipinski definition) is 1. The van der Waals surface area contributed by atoms with E-state index in [1.807, 2.05) is 17.2 Å². The maximum atomic E-state index is 4.57. The molecular formula is C19H30N4. The highest BCUT2D eigenvalue weighted by Gasteiger charge is 2.28. The van der Waals surface area contributed by atoms with Gasteiger partial charge in [0.2, 0.25) is 0 Å². The number of likely N-dealkylation sites (N-methyl/N-ethyl adjacent to an activating group) is 1. The van der Waals surface area contributed by atoms with Gasteiger partial charge in [0, 0.05) is 17.9 Å². The predicted octanol–water partition coefficient (Wildman–Crippen LogP) is 4.24. The standard InChI is InChI=1S/C19H30N4/c1-7-23(15(2)19(3,4)22(5)6)17-12-13-18(20-14-17)21-16-10-8-9-11-16/h7,12-14,16H,1-2,8-11H2,3-6H3,(H,20,21). The fourth-order valence-corrected chi connectivity index (χ4v) is 2.82. The van der Waals surface area contributed by atoms with Crippen LogP contribution in [0.3, 0.4) is 0 Å². The summed E-state index contributed by atoms with van der Waals surface area (Å²) in [6, 6.07) is 4.69.